The van der Waals surface area contributed by atoms with Gasteiger partial charge in [-0.1, -0.05) is 0 Å². The fraction of sp³-hybridized carbons (Fsp3) is 0.400. The van der Waals surface area contributed by atoms with Gasteiger partial charge in [-0.3, -0.25) is 4.79 Å². The molecule has 16 heavy (non-hydrogen) atoms. The zero-order chi connectivity index (χ0) is 11.8. The lowest BCUT2D eigenvalue weighted by atomic mass is 10.3. The van der Waals surface area contributed by atoms with Crippen LogP contribution in [0.3, 0.4) is 0 Å². The van der Waals surface area contributed by atoms with Crippen molar-refractivity contribution in [3.8, 4) is 5.75 Å². The Kier molecular flexibility index (Phi) is 2.57. The van der Waals surface area contributed by atoms with E-state index in [1.165, 1.54) is 6.07 Å². The Morgan fingerprint density at radius 3 is 2.56 bits per heavy atom. The van der Waals surface area contributed by atoms with E-state index in [-0.39, 0.29) is 23.8 Å². The van der Waals surface area contributed by atoms with Gasteiger partial charge in [0.2, 0.25) is 0 Å². The summed E-state index contributed by atoms with van der Waals surface area (Å²) in [5.41, 5.74) is -1.38. The number of aromatic nitrogens is 1. The van der Waals surface area contributed by atoms with Crippen molar-refractivity contribution in [3.63, 3.8) is 0 Å². The molecule has 0 spiro atoms. The van der Waals surface area contributed by atoms with Gasteiger partial charge in [-0.2, -0.15) is 13.2 Å². The van der Waals surface area contributed by atoms with E-state index in [9.17, 15) is 18.0 Å². The normalized spacial score (nSPS) is 15.9. The first kappa shape index (κ1) is 10.9. The molecule has 2 rings (SSSR count). The van der Waals surface area contributed by atoms with Crippen LogP contribution >= 0.6 is 0 Å². The van der Waals surface area contributed by atoms with Crippen molar-refractivity contribution in [2.45, 2.75) is 25.1 Å². The van der Waals surface area contributed by atoms with Crippen molar-refractivity contribution in [1.29, 1.82) is 0 Å². The molecule has 1 heterocycles. The van der Waals surface area contributed by atoms with Gasteiger partial charge in [0.25, 0.3) is 0 Å². The Morgan fingerprint density at radius 1 is 1.38 bits per heavy atom. The van der Waals surface area contributed by atoms with Gasteiger partial charge in [-0.05, 0) is 12.8 Å². The third kappa shape index (κ3) is 2.50. The van der Waals surface area contributed by atoms with Gasteiger partial charge in [-0.15, -0.1) is 0 Å². The number of carbonyl (C=O) groups excluding carboxylic acids is 1. The maximum absolute atomic E-state index is 12.4. The summed E-state index contributed by atoms with van der Waals surface area (Å²) >= 11 is 0. The van der Waals surface area contributed by atoms with Crippen LogP contribution in [0.15, 0.2) is 12.1 Å². The minimum absolute atomic E-state index is 0.0250. The molecule has 1 aromatic heterocycles. The fourth-order valence-corrected chi connectivity index (χ4v) is 1.18. The number of hydrogen-bond acceptors (Lipinski definition) is 3. The molecular weight excluding hydrogens is 223 g/mol. The molecule has 0 saturated heterocycles. The molecule has 0 atom stereocenters. The Morgan fingerprint density at radius 2 is 2.06 bits per heavy atom. The molecule has 3 nitrogen and oxygen atoms in total. The van der Waals surface area contributed by atoms with Crippen molar-refractivity contribution < 1.29 is 22.7 Å². The summed E-state index contributed by atoms with van der Waals surface area (Å²) in [4.78, 5) is 13.6. The molecule has 1 fully saturated rings. The molecular formula is C10H8F3NO2. The Bertz CT molecular complexity index is 413. The van der Waals surface area contributed by atoms with E-state index in [1.54, 1.807) is 0 Å². The highest BCUT2D eigenvalue weighted by molar-refractivity contribution is 5.72. The van der Waals surface area contributed by atoms with Gasteiger partial charge in [-0.25, -0.2) is 4.98 Å². The SMILES string of the molecule is O=Cc1cc(OC2CC2)cc(C(F)(F)F)n1. The van der Waals surface area contributed by atoms with Crippen LogP contribution < -0.4 is 4.74 Å². The van der Waals surface area contributed by atoms with E-state index in [2.05, 4.69) is 4.98 Å². The van der Waals surface area contributed by atoms with Gasteiger partial charge >= 0.3 is 6.18 Å². The summed E-state index contributed by atoms with van der Waals surface area (Å²) in [6, 6.07) is 2.02. The summed E-state index contributed by atoms with van der Waals surface area (Å²) in [5.74, 6) is 0.0481. The average Bonchev–Trinajstić information content (AvgIpc) is 3.00. The summed E-state index contributed by atoms with van der Waals surface area (Å²) in [6.45, 7) is 0. The van der Waals surface area contributed by atoms with Crippen molar-refractivity contribution in [2.24, 2.45) is 0 Å². The molecule has 1 saturated carbocycles. The number of hydrogen-bond donors (Lipinski definition) is 0. The number of rotatable bonds is 3. The highest BCUT2D eigenvalue weighted by Gasteiger charge is 2.34. The Hall–Kier alpha value is -1.59. The van der Waals surface area contributed by atoms with Crippen LogP contribution in [0, 0.1) is 0 Å². The first-order valence-corrected chi connectivity index (χ1v) is 4.70. The van der Waals surface area contributed by atoms with E-state index < -0.39 is 11.9 Å². The topological polar surface area (TPSA) is 39.2 Å². The van der Waals surface area contributed by atoms with E-state index in [4.69, 9.17) is 4.74 Å². The first-order valence-electron chi connectivity index (χ1n) is 4.70. The zero-order valence-electron chi connectivity index (χ0n) is 8.12. The molecule has 6 heteroatoms. The molecule has 86 valence electrons. The zero-order valence-corrected chi connectivity index (χ0v) is 8.12. The molecule has 0 aliphatic heterocycles. The minimum atomic E-state index is -4.57. The van der Waals surface area contributed by atoms with E-state index in [0.29, 0.717) is 0 Å². The minimum Gasteiger partial charge on any atom is -0.490 e. The van der Waals surface area contributed by atoms with Crippen LogP contribution in [0.4, 0.5) is 13.2 Å². The van der Waals surface area contributed by atoms with E-state index >= 15 is 0 Å². The van der Waals surface area contributed by atoms with Crippen LogP contribution in [0.25, 0.3) is 0 Å². The van der Waals surface area contributed by atoms with Crippen LogP contribution in [0.1, 0.15) is 29.0 Å². The second-order valence-electron chi connectivity index (χ2n) is 3.55. The number of carbonyl (C=O) groups is 1. The molecule has 0 aromatic carbocycles. The third-order valence-corrected chi connectivity index (χ3v) is 2.06. The lowest BCUT2D eigenvalue weighted by Gasteiger charge is -2.09. The summed E-state index contributed by atoms with van der Waals surface area (Å²) < 4.78 is 42.4. The van der Waals surface area contributed by atoms with E-state index in [0.717, 1.165) is 18.9 Å². The van der Waals surface area contributed by atoms with Crippen molar-refractivity contribution in [1.82, 2.24) is 4.98 Å². The molecule has 0 N–H and O–H groups in total. The maximum Gasteiger partial charge on any atom is 0.433 e. The summed E-state index contributed by atoms with van der Waals surface area (Å²) in [7, 11) is 0. The maximum atomic E-state index is 12.4. The highest BCUT2D eigenvalue weighted by Crippen LogP contribution is 2.32. The molecule has 1 aromatic rings. The number of alkyl halides is 3. The first-order chi connectivity index (χ1) is 7.49. The van der Waals surface area contributed by atoms with E-state index in [1.807, 2.05) is 0 Å². The van der Waals surface area contributed by atoms with Crippen molar-refractivity contribution in [3.05, 3.63) is 23.5 Å². The standard InChI is InChI=1S/C10H8F3NO2/c11-10(12,13)9-4-8(16-7-1-2-7)3-6(5-15)14-9/h3-5,7H,1-2H2. The van der Waals surface area contributed by atoms with Crippen LogP contribution in [0.2, 0.25) is 0 Å². The predicted octanol–water partition coefficient (Wildman–Crippen LogP) is 2.45. The lowest BCUT2D eigenvalue weighted by Crippen LogP contribution is -2.10. The van der Waals surface area contributed by atoms with Crippen LogP contribution in [-0.4, -0.2) is 17.4 Å². The highest BCUT2D eigenvalue weighted by atomic mass is 19.4. The second kappa shape index (κ2) is 3.77. The largest absolute Gasteiger partial charge is 0.490 e. The van der Waals surface area contributed by atoms with Crippen molar-refractivity contribution in [2.75, 3.05) is 0 Å². The second-order valence-corrected chi connectivity index (χ2v) is 3.55. The Balaban J connectivity index is 2.33. The van der Waals surface area contributed by atoms with Crippen LogP contribution in [0.5, 0.6) is 5.75 Å². The number of pyridine rings is 1. The average molecular weight is 231 g/mol. The predicted molar refractivity (Wildman–Crippen MR) is 48.3 cm³/mol. The van der Waals surface area contributed by atoms with Gasteiger partial charge in [0.05, 0.1) is 6.10 Å². The third-order valence-electron chi connectivity index (χ3n) is 2.06. The smallest absolute Gasteiger partial charge is 0.433 e. The summed E-state index contributed by atoms with van der Waals surface area (Å²) in [6.07, 6.45) is -2.65. The molecule has 0 unspecified atom stereocenters. The molecule has 1 aliphatic carbocycles. The lowest BCUT2D eigenvalue weighted by molar-refractivity contribution is -0.141. The van der Waals surface area contributed by atoms with Crippen molar-refractivity contribution >= 4 is 6.29 Å². The monoisotopic (exact) mass is 231 g/mol. The molecule has 0 bridgehead atoms. The quantitative estimate of drug-likeness (QED) is 0.750. The van der Waals surface area contributed by atoms with Gasteiger partial charge in [0.1, 0.15) is 17.1 Å². The van der Waals surface area contributed by atoms with Crippen LogP contribution in [-0.2, 0) is 6.18 Å². The number of ether oxygens (including phenoxy) is 1. The number of nitrogens with zero attached hydrogens (tertiary/aromatic N) is 1. The molecule has 1 aliphatic rings. The van der Waals surface area contributed by atoms with Gasteiger partial charge in [0, 0.05) is 12.1 Å². The number of aldehydes is 1. The van der Waals surface area contributed by atoms with Gasteiger partial charge in [0.15, 0.2) is 6.29 Å². The molecule has 0 amide bonds. The Labute approximate surface area is 89.2 Å². The number of halogens is 3. The summed E-state index contributed by atoms with van der Waals surface area (Å²) in [5, 5.41) is 0. The van der Waals surface area contributed by atoms with Gasteiger partial charge < -0.3 is 4.74 Å². The fourth-order valence-electron chi connectivity index (χ4n) is 1.18. The molecule has 0 radical (unpaired) electrons.